The van der Waals surface area contributed by atoms with Crippen molar-refractivity contribution in [3.8, 4) is 0 Å². The normalized spacial score (nSPS) is 22.0. The van der Waals surface area contributed by atoms with Gasteiger partial charge in [-0.2, -0.15) is 23.5 Å². The summed E-state index contributed by atoms with van der Waals surface area (Å²) in [5, 5.41) is 0.730. The van der Waals surface area contributed by atoms with Gasteiger partial charge in [0.25, 0.3) is 0 Å². The molecule has 2 unspecified atom stereocenters. The first kappa shape index (κ1) is 16.7. The highest BCUT2D eigenvalue weighted by molar-refractivity contribution is 8.06. The van der Waals surface area contributed by atoms with E-state index in [1.807, 2.05) is 0 Å². The summed E-state index contributed by atoms with van der Waals surface area (Å²) in [5.41, 5.74) is 6.29. The second-order valence-electron chi connectivity index (χ2n) is 5.41. The summed E-state index contributed by atoms with van der Waals surface area (Å²) >= 11 is 4.19. The van der Waals surface area contributed by atoms with Crippen LogP contribution in [-0.2, 0) is 0 Å². The lowest BCUT2D eigenvalue weighted by Gasteiger charge is -2.26. The lowest BCUT2D eigenvalue weighted by Crippen LogP contribution is -2.36. The molecule has 0 aliphatic carbocycles. The minimum absolute atomic E-state index is 0.447. The van der Waals surface area contributed by atoms with Crippen LogP contribution in [0, 0.1) is 0 Å². The van der Waals surface area contributed by atoms with Crippen molar-refractivity contribution in [1.82, 2.24) is 0 Å². The first-order chi connectivity index (χ1) is 8.84. The molecule has 3 heteroatoms. The molecular weight excluding hydrogens is 258 g/mol. The van der Waals surface area contributed by atoms with Gasteiger partial charge in [-0.15, -0.1) is 0 Å². The van der Waals surface area contributed by atoms with E-state index < -0.39 is 0 Å². The summed E-state index contributed by atoms with van der Waals surface area (Å²) in [5.74, 6) is 3.91. The Kier molecular flexibility index (Phi) is 10.7. The Hall–Kier alpha value is 0.660. The highest BCUT2D eigenvalue weighted by Crippen LogP contribution is 2.27. The minimum atomic E-state index is 0.447. The van der Waals surface area contributed by atoms with Gasteiger partial charge in [0.15, 0.2) is 0 Å². The standard InChI is InChI=1S/C15H31NS2/c1-2-3-4-5-6-7-8-9-10-14(16)15-13-17-11-12-18-15/h14-15H,2-13,16H2,1H3. The van der Waals surface area contributed by atoms with Crippen LogP contribution in [0.1, 0.15) is 64.7 Å². The van der Waals surface area contributed by atoms with E-state index in [0.717, 1.165) is 5.25 Å². The third-order valence-electron chi connectivity index (χ3n) is 3.71. The smallest absolute Gasteiger partial charge is 0.0289 e. The number of hydrogen-bond donors (Lipinski definition) is 1. The van der Waals surface area contributed by atoms with Crippen LogP contribution in [-0.4, -0.2) is 28.6 Å². The van der Waals surface area contributed by atoms with Crippen LogP contribution >= 0.6 is 23.5 Å². The molecular formula is C15H31NS2. The molecule has 0 radical (unpaired) electrons. The van der Waals surface area contributed by atoms with Crippen LogP contribution in [0.5, 0.6) is 0 Å². The topological polar surface area (TPSA) is 26.0 Å². The summed E-state index contributed by atoms with van der Waals surface area (Å²) in [4.78, 5) is 0. The molecule has 1 fully saturated rings. The van der Waals surface area contributed by atoms with E-state index in [2.05, 4.69) is 30.4 Å². The molecule has 1 saturated heterocycles. The van der Waals surface area contributed by atoms with E-state index in [9.17, 15) is 0 Å². The molecule has 0 amide bonds. The van der Waals surface area contributed by atoms with Crippen LogP contribution in [0.4, 0.5) is 0 Å². The molecule has 0 bridgehead atoms. The van der Waals surface area contributed by atoms with Crippen molar-refractivity contribution in [1.29, 1.82) is 0 Å². The highest BCUT2D eigenvalue weighted by atomic mass is 32.2. The lowest BCUT2D eigenvalue weighted by molar-refractivity contribution is 0.525. The van der Waals surface area contributed by atoms with E-state index in [0.29, 0.717) is 6.04 Å². The monoisotopic (exact) mass is 289 g/mol. The number of hydrogen-bond acceptors (Lipinski definition) is 3. The van der Waals surface area contributed by atoms with Crippen molar-refractivity contribution in [2.24, 2.45) is 5.73 Å². The van der Waals surface area contributed by atoms with Gasteiger partial charge < -0.3 is 5.73 Å². The van der Waals surface area contributed by atoms with E-state index in [1.165, 1.54) is 75.0 Å². The molecule has 0 saturated carbocycles. The lowest BCUT2D eigenvalue weighted by atomic mass is 10.0. The van der Waals surface area contributed by atoms with Crippen molar-refractivity contribution in [3.05, 3.63) is 0 Å². The molecule has 1 rings (SSSR count). The van der Waals surface area contributed by atoms with Gasteiger partial charge in [0.05, 0.1) is 0 Å². The molecule has 2 atom stereocenters. The maximum Gasteiger partial charge on any atom is 0.0289 e. The van der Waals surface area contributed by atoms with Crippen molar-refractivity contribution in [2.75, 3.05) is 17.3 Å². The zero-order valence-corrected chi connectivity index (χ0v) is 13.7. The van der Waals surface area contributed by atoms with E-state index in [1.54, 1.807) is 0 Å². The third-order valence-corrected chi connectivity index (χ3v) is 6.65. The van der Waals surface area contributed by atoms with Gasteiger partial charge in [-0.1, -0.05) is 58.3 Å². The number of unbranched alkanes of at least 4 members (excludes halogenated alkanes) is 7. The molecule has 108 valence electrons. The van der Waals surface area contributed by atoms with Gasteiger partial charge in [0.2, 0.25) is 0 Å². The Labute approximate surface area is 122 Å². The Bertz CT molecular complexity index is 181. The molecule has 1 aliphatic heterocycles. The van der Waals surface area contributed by atoms with Gasteiger partial charge in [-0.25, -0.2) is 0 Å². The van der Waals surface area contributed by atoms with Gasteiger partial charge in [-0.3, -0.25) is 0 Å². The summed E-state index contributed by atoms with van der Waals surface area (Å²) in [6.45, 7) is 2.28. The Morgan fingerprint density at radius 1 is 1.00 bits per heavy atom. The first-order valence-electron chi connectivity index (χ1n) is 7.79. The van der Waals surface area contributed by atoms with Gasteiger partial charge in [0.1, 0.15) is 0 Å². The Morgan fingerprint density at radius 3 is 2.28 bits per heavy atom. The maximum absolute atomic E-state index is 6.29. The summed E-state index contributed by atoms with van der Waals surface area (Å²) in [6, 6.07) is 0.447. The Morgan fingerprint density at radius 2 is 1.67 bits per heavy atom. The molecule has 0 spiro atoms. The van der Waals surface area contributed by atoms with Crippen molar-refractivity contribution in [2.45, 2.75) is 76.0 Å². The van der Waals surface area contributed by atoms with Gasteiger partial charge >= 0.3 is 0 Å². The predicted octanol–water partition coefficient (Wildman–Crippen LogP) is 4.69. The van der Waals surface area contributed by atoms with E-state index in [4.69, 9.17) is 5.73 Å². The maximum atomic E-state index is 6.29. The molecule has 1 nitrogen and oxygen atoms in total. The van der Waals surface area contributed by atoms with E-state index in [-0.39, 0.29) is 0 Å². The zero-order chi connectivity index (χ0) is 13.1. The average Bonchev–Trinajstić information content (AvgIpc) is 2.42. The van der Waals surface area contributed by atoms with Crippen molar-refractivity contribution >= 4 is 23.5 Å². The Balaban J connectivity index is 1.87. The quantitative estimate of drug-likeness (QED) is 0.591. The summed E-state index contributed by atoms with van der Waals surface area (Å²) < 4.78 is 0. The molecule has 1 aliphatic rings. The van der Waals surface area contributed by atoms with E-state index >= 15 is 0 Å². The zero-order valence-electron chi connectivity index (χ0n) is 12.0. The number of nitrogens with two attached hydrogens (primary N) is 1. The number of thioether (sulfide) groups is 2. The fourth-order valence-corrected chi connectivity index (χ4v) is 5.32. The molecule has 18 heavy (non-hydrogen) atoms. The van der Waals surface area contributed by atoms with Crippen molar-refractivity contribution < 1.29 is 0 Å². The largest absolute Gasteiger partial charge is 0.327 e. The van der Waals surface area contributed by atoms with Crippen molar-refractivity contribution in [3.63, 3.8) is 0 Å². The van der Waals surface area contributed by atoms with Gasteiger partial charge in [-0.05, 0) is 6.42 Å². The molecule has 2 N–H and O–H groups in total. The van der Waals surface area contributed by atoms with Crippen LogP contribution in [0.25, 0.3) is 0 Å². The van der Waals surface area contributed by atoms with Gasteiger partial charge in [0, 0.05) is 28.6 Å². The predicted molar refractivity (Wildman–Crippen MR) is 88.8 cm³/mol. The second-order valence-corrected chi connectivity index (χ2v) is 7.91. The third kappa shape index (κ3) is 7.96. The summed E-state index contributed by atoms with van der Waals surface area (Å²) in [7, 11) is 0. The molecule has 1 heterocycles. The second kappa shape index (κ2) is 11.5. The average molecular weight is 290 g/mol. The highest BCUT2D eigenvalue weighted by Gasteiger charge is 2.20. The minimum Gasteiger partial charge on any atom is -0.327 e. The van der Waals surface area contributed by atoms with Crippen LogP contribution in [0.15, 0.2) is 0 Å². The molecule has 0 aromatic carbocycles. The molecule has 0 aromatic rings. The van der Waals surface area contributed by atoms with Crippen LogP contribution in [0.2, 0.25) is 0 Å². The van der Waals surface area contributed by atoms with Crippen LogP contribution < -0.4 is 5.73 Å². The number of rotatable bonds is 10. The SMILES string of the molecule is CCCCCCCCCCC(N)C1CSCCS1. The first-order valence-corrected chi connectivity index (χ1v) is 10.00. The fraction of sp³-hybridized carbons (Fsp3) is 1.00. The summed E-state index contributed by atoms with van der Waals surface area (Å²) in [6.07, 6.45) is 12.5. The fourth-order valence-electron chi connectivity index (χ4n) is 2.45. The van der Waals surface area contributed by atoms with Crippen LogP contribution in [0.3, 0.4) is 0 Å². The molecule has 0 aromatic heterocycles.